The number of amides is 1. The number of hydrogen-bond acceptors (Lipinski definition) is 6. The molecule has 0 unspecified atom stereocenters. The molecule has 0 fully saturated rings. The van der Waals surface area contributed by atoms with Crippen molar-refractivity contribution in [2.24, 2.45) is 5.73 Å². The molecule has 190 valence electrons. The van der Waals surface area contributed by atoms with Crippen LogP contribution >= 0.6 is 0 Å². The molecule has 1 aromatic heterocycles. The Kier molecular flexibility index (Phi) is 6.40. The Morgan fingerprint density at radius 3 is 2.62 bits per heavy atom. The molecule has 1 aliphatic heterocycles. The number of sulfonamides is 1. The Morgan fingerprint density at radius 1 is 1.03 bits per heavy atom. The molecule has 1 amide bonds. The number of H-pyrrole nitrogens is 1. The predicted octanol–water partition coefficient (Wildman–Crippen LogP) is 1.51. The molecule has 1 aliphatic rings. The number of nitrogens with one attached hydrogen (secondary N) is 2. The van der Waals surface area contributed by atoms with Gasteiger partial charge in [0.25, 0.3) is 21.5 Å². The highest BCUT2D eigenvalue weighted by Crippen LogP contribution is 2.32. The maximum Gasteiger partial charge on any atom is 0.333 e. The van der Waals surface area contributed by atoms with Gasteiger partial charge in [-0.05, 0) is 54.8 Å². The zero-order valence-corrected chi connectivity index (χ0v) is 20.6. The number of nitrogens with two attached hydrogens (primary N) is 1. The van der Waals surface area contributed by atoms with Crippen LogP contribution in [-0.4, -0.2) is 43.5 Å². The monoisotopic (exact) mass is 519 g/mol. The van der Waals surface area contributed by atoms with Gasteiger partial charge >= 0.3 is 5.69 Å². The number of anilines is 1. The van der Waals surface area contributed by atoms with Crippen molar-refractivity contribution in [3.05, 3.63) is 98.7 Å². The van der Waals surface area contributed by atoms with Crippen molar-refractivity contribution in [2.45, 2.75) is 17.7 Å². The molecule has 0 saturated heterocycles. The van der Waals surface area contributed by atoms with E-state index in [-0.39, 0.29) is 40.1 Å². The molecule has 11 heteroatoms. The largest absolute Gasteiger partial charge is 0.351 e. The number of fused-ring (bicyclic) bond motifs is 2. The molecule has 4 aromatic rings. The predicted molar refractivity (Wildman–Crippen MR) is 141 cm³/mol. The maximum absolute atomic E-state index is 13.6. The zero-order valence-electron chi connectivity index (χ0n) is 19.8. The number of para-hydroxylation sites is 1. The summed E-state index contributed by atoms with van der Waals surface area (Å²) in [6.07, 6.45) is 1.46. The van der Waals surface area contributed by atoms with E-state index in [1.54, 1.807) is 18.2 Å². The number of nitrogens with zero attached hydrogens (tertiary/aromatic N) is 2. The van der Waals surface area contributed by atoms with E-state index in [1.165, 1.54) is 40.7 Å². The Morgan fingerprint density at radius 2 is 1.81 bits per heavy atom. The quantitative estimate of drug-likeness (QED) is 0.352. The summed E-state index contributed by atoms with van der Waals surface area (Å²) in [6.45, 7) is 0.758. The lowest BCUT2D eigenvalue weighted by molar-refractivity contribution is 0.0956. The van der Waals surface area contributed by atoms with Crippen LogP contribution < -0.4 is 26.6 Å². The van der Waals surface area contributed by atoms with Crippen LogP contribution in [0.4, 0.5) is 5.69 Å². The van der Waals surface area contributed by atoms with E-state index in [2.05, 4.69) is 10.3 Å². The smallest absolute Gasteiger partial charge is 0.333 e. The zero-order chi connectivity index (χ0) is 26.2. The highest BCUT2D eigenvalue weighted by molar-refractivity contribution is 7.92. The number of aryl methyl sites for hydroxylation is 1. The Labute approximate surface area is 212 Å². The van der Waals surface area contributed by atoms with Gasteiger partial charge in [0, 0.05) is 19.6 Å². The number of rotatable bonds is 6. The Balaban J connectivity index is 1.64. The molecule has 5 rings (SSSR count). The summed E-state index contributed by atoms with van der Waals surface area (Å²) in [5, 5.41) is 2.64. The fraction of sp³-hybridized carbons (Fsp3) is 0.192. The normalized spacial score (nSPS) is 13.4. The lowest BCUT2D eigenvalue weighted by Gasteiger charge is -2.30. The minimum atomic E-state index is -3.98. The van der Waals surface area contributed by atoms with Gasteiger partial charge in [-0.3, -0.25) is 13.9 Å². The number of aromatic nitrogens is 2. The minimum absolute atomic E-state index is 0.00911. The third-order valence-electron chi connectivity index (χ3n) is 6.33. The number of benzene rings is 3. The number of carbonyl (C=O) groups excluding carboxylic acids is 1. The van der Waals surface area contributed by atoms with E-state index in [9.17, 15) is 22.8 Å². The molecule has 0 aliphatic carbocycles. The van der Waals surface area contributed by atoms with Gasteiger partial charge in [0.2, 0.25) is 0 Å². The number of aromatic amines is 1. The summed E-state index contributed by atoms with van der Waals surface area (Å²) in [5.41, 5.74) is 5.87. The lowest BCUT2D eigenvalue weighted by Crippen LogP contribution is -2.37. The van der Waals surface area contributed by atoms with Gasteiger partial charge in [0.15, 0.2) is 0 Å². The van der Waals surface area contributed by atoms with Crippen LogP contribution in [0.25, 0.3) is 16.6 Å². The topological polar surface area (TPSA) is 147 Å². The first-order chi connectivity index (χ1) is 17.8. The third-order valence-corrected chi connectivity index (χ3v) is 8.14. The third kappa shape index (κ3) is 4.32. The van der Waals surface area contributed by atoms with E-state index in [0.29, 0.717) is 18.7 Å². The van der Waals surface area contributed by atoms with Crippen molar-refractivity contribution in [1.29, 1.82) is 0 Å². The highest BCUT2D eigenvalue weighted by atomic mass is 32.2. The van der Waals surface area contributed by atoms with Crippen LogP contribution in [0, 0.1) is 0 Å². The van der Waals surface area contributed by atoms with Crippen molar-refractivity contribution >= 4 is 32.5 Å². The molecule has 0 saturated carbocycles. The molecule has 3 aromatic carbocycles. The summed E-state index contributed by atoms with van der Waals surface area (Å²) in [7, 11) is -3.98. The second kappa shape index (κ2) is 9.68. The van der Waals surface area contributed by atoms with Crippen LogP contribution in [0.5, 0.6) is 0 Å². The molecule has 0 atom stereocenters. The van der Waals surface area contributed by atoms with E-state index >= 15 is 0 Å². The maximum atomic E-state index is 13.6. The van der Waals surface area contributed by atoms with Crippen LogP contribution in [-0.2, 0) is 16.4 Å². The molecular weight excluding hydrogens is 494 g/mol. The summed E-state index contributed by atoms with van der Waals surface area (Å²) in [6, 6.07) is 17.6. The first kappa shape index (κ1) is 24.5. The van der Waals surface area contributed by atoms with Gasteiger partial charge < -0.3 is 16.0 Å². The van der Waals surface area contributed by atoms with Crippen LogP contribution in [0.15, 0.2) is 81.2 Å². The van der Waals surface area contributed by atoms with E-state index in [0.717, 1.165) is 16.6 Å². The van der Waals surface area contributed by atoms with Crippen molar-refractivity contribution in [3.8, 4) is 5.69 Å². The minimum Gasteiger partial charge on any atom is -0.351 e. The van der Waals surface area contributed by atoms with Gasteiger partial charge in [-0.15, -0.1) is 0 Å². The standard InChI is InChI=1S/C26H25N5O5S/c27-13-14-28-24(32)20-10-4-11-21-23(20)25(33)31(26(34)29-21)18-8-3-9-19(16-18)37(35,36)30-15-5-7-17-6-1-2-12-22(17)30/h1-4,6,8-12,16H,5,7,13-15,27H2,(H,28,32)(H,29,34). The Hall–Kier alpha value is -4.22. The SMILES string of the molecule is NCCNC(=O)c1cccc2[nH]c(=O)n(-c3cccc(S(=O)(=O)N4CCCc5ccccc54)c3)c(=O)c12. The molecule has 4 N–H and O–H groups in total. The van der Waals surface area contributed by atoms with Crippen LogP contribution in [0.1, 0.15) is 22.3 Å². The van der Waals surface area contributed by atoms with Crippen LogP contribution in [0.3, 0.4) is 0 Å². The summed E-state index contributed by atoms with van der Waals surface area (Å²) >= 11 is 0. The van der Waals surface area contributed by atoms with E-state index in [1.807, 2.05) is 12.1 Å². The lowest BCUT2D eigenvalue weighted by atomic mass is 10.0. The van der Waals surface area contributed by atoms with Crippen molar-refractivity contribution in [1.82, 2.24) is 14.9 Å². The molecule has 0 bridgehead atoms. The van der Waals surface area contributed by atoms with E-state index < -0.39 is 27.2 Å². The number of hydrogen-bond donors (Lipinski definition) is 3. The fourth-order valence-electron chi connectivity index (χ4n) is 4.63. The summed E-state index contributed by atoms with van der Waals surface area (Å²) < 4.78 is 29.5. The average Bonchev–Trinajstić information content (AvgIpc) is 2.91. The Bertz CT molecular complexity index is 1740. The van der Waals surface area contributed by atoms with Gasteiger partial charge in [0.1, 0.15) is 0 Å². The second-order valence-electron chi connectivity index (χ2n) is 8.65. The molecular formula is C26H25N5O5S. The van der Waals surface area contributed by atoms with Crippen molar-refractivity contribution in [2.75, 3.05) is 23.9 Å². The average molecular weight is 520 g/mol. The fourth-order valence-corrected chi connectivity index (χ4v) is 6.21. The molecule has 2 heterocycles. The molecule has 10 nitrogen and oxygen atoms in total. The van der Waals surface area contributed by atoms with Crippen LogP contribution in [0.2, 0.25) is 0 Å². The molecule has 0 spiro atoms. The van der Waals surface area contributed by atoms with Gasteiger partial charge in [-0.25, -0.2) is 17.8 Å². The molecule has 37 heavy (non-hydrogen) atoms. The summed E-state index contributed by atoms with van der Waals surface area (Å²) in [4.78, 5) is 41.8. The highest BCUT2D eigenvalue weighted by Gasteiger charge is 2.29. The van der Waals surface area contributed by atoms with Gasteiger partial charge in [-0.2, -0.15) is 0 Å². The first-order valence-corrected chi connectivity index (χ1v) is 13.2. The second-order valence-corrected chi connectivity index (χ2v) is 10.5. The van der Waals surface area contributed by atoms with E-state index in [4.69, 9.17) is 5.73 Å². The van der Waals surface area contributed by atoms with Crippen molar-refractivity contribution in [3.63, 3.8) is 0 Å². The van der Waals surface area contributed by atoms with Gasteiger partial charge in [0.05, 0.1) is 32.7 Å². The van der Waals surface area contributed by atoms with Gasteiger partial charge in [-0.1, -0.05) is 30.3 Å². The molecule has 0 radical (unpaired) electrons. The first-order valence-electron chi connectivity index (χ1n) is 11.8. The summed E-state index contributed by atoms with van der Waals surface area (Å²) in [5.74, 6) is -0.508. The number of carbonyl (C=O) groups is 1. The van der Waals surface area contributed by atoms with Crippen molar-refractivity contribution < 1.29 is 13.2 Å².